The zero-order valence-corrected chi connectivity index (χ0v) is 12.8. The Morgan fingerprint density at radius 3 is 1.94 bits per heavy atom. The number of benzene rings is 2. The van der Waals surface area contributed by atoms with Crippen LogP contribution in [0.4, 0.5) is 0 Å². The van der Waals surface area contributed by atoms with E-state index in [1.807, 2.05) is 12.1 Å². The lowest BCUT2D eigenvalue weighted by Gasteiger charge is -2.09. The zero-order valence-electron chi connectivity index (χ0n) is 8.98. The van der Waals surface area contributed by atoms with Gasteiger partial charge in [0.15, 0.2) is 0 Å². The molecule has 0 bridgehead atoms. The van der Waals surface area contributed by atoms with E-state index in [0.29, 0.717) is 26.0 Å². The molecule has 2 rings (SSSR count). The molecule has 0 heterocycles. The van der Waals surface area contributed by atoms with Crippen LogP contribution in [0.3, 0.4) is 0 Å². The maximum atomic E-state index is 6.17. The topological polar surface area (TPSA) is 0 Å². The van der Waals surface area contributed by atoms with Crippen molar-refractivity contribution < 1.29 is 0 Å². The third-order valence-corrected chi connectivity index (χ3v) is 4.31. The van der Waals surface area contributed by atoms with Crippen LogP contribution >= 0.6 is 58.0 Å². The van der Waals surface area contributed by atoms with Gasteiger partial charge < -0.3 is 0 Å². The van der Waals surface area contributed by atoms with Crippen LogP contribution in [0.5, 0.6) is 0 Å². The molecule has 0 N–H and O–H groups in total. The number of hydrogen-bond acceptors (Lipinski definition) is 0. The monoisotopic (exact) mass is 338 g/mol. The Morgan fingerprint density at radius 1 is 0.778 bits per heavy atom. The quantitative estimate of drug-likeness (QED) is 0.421. The van der Waals surface area contributed by atoms with Crippen molar-refractivity contribution in [3.05, 3.63) is 56.0 Å². The fourth-order valence-electron chi connectivity index (χ4n) is 1.59. The Bertz CT molecular complexity index is 569. The van der Waals surface area contributed by atoms with Crippen molar-refractivity contribution in [2.75, 3.05) is 0 Å². The number of rotatable bonds is 2. The van der Waals surface area contributed by atoms with E-state index in [1.165, 1.54) is 0 Å². The summed E-state index contributed by atoms with van der Waals surface area (Å²) in [6.45, 7) is 0. The van der Waals surface area contributed by atoms with E-state index >= 15 is 0 Å². The van der Waals surface area contributed by atoms with Crippen LogP contribution < -0.4 is 0 Å². The van der Waals surface area contributed by atoms with E-state index in [4.69, 9.17) is 58.0 Å². The van der Waals surface area contributed by atoms with Gasteiger partial charge in [-0.2, -0.15) is 0 Å². The molecule has 18 heavy (non-hydrogen) atoms. The molecule has 0 spiro atoms. The normalized spacial score (nSPS) is 10.7. The van der Waals surface area contributed by atoms with Gasteiger partial charge in [-0.25, -0.2) is 0 Å². The highest BCUT2D eigenvalue weighted by atomic mass is 35.5. The number of alkyl halides is 1. The van der Waals surface area contributed by atoms with Crippen LogP contribution in [0.15, 0.2) is 30.3 Å². The van der Waals surface area contributed by atoms with Gasteiger partial charge in [0.05, 0.1) is 15.1 Å². The first-order chi connectivity index (χ1) is 8.52. The van der Waals surface area contributed by atoms with Gasteiger partial charge in [0, 0.05) is 16.5 Å². The number of hydrogen-bond donors (Lipinski definition) is 0. The summed E-state index contributed by atoms with van der Waals surface area (Å²) >= 11 is 29.9. The highest BCUT2D eigenvalue weighted by Crippen LogP contribution is 2.37. The summed E-state index contributed by atoms with van der Waals surface area (Å²) < 4.78 is 0. The fraction of sp³-hybridized carbons (Fsp3) is 0.0769. The van der Waals surface area contributed by atoms with Crippen molar-refractivity contribution in [2.45, 2.75) is 5.88 Å². The van der Waals surface area contributed by atoms with E-state index in [-0.39, 0.29) is 0 Å². The molecule has 2 aromatic carbocycles. The molecule has 2 aromatic rings. The molecule has 0 saturated heterocycles. The molecular weight excluding hydrogens is 333 g/mol. The maximum absolute atomic E-state index is 6.17. The minimum absolute atomic E-state index is 0.340. The fourth-order valence-corrected chi connectivity index (χ4v) is 2.58. The third kappa shape index (κ3) is 2.89. The van der Waals surface area contributed by atoms with Crippen molar-refractivity contribution in [1.82, 2.24) is 0 Å². The lowest BCUT2D eigenvalue weighted by Crippen LogP contribution is -1.85. The van der Waals surface area contributed by atoms with Crippen LogP contribution in [0.1, 0.15) is 5.56 Å². The Kier molecular flexibility index (Phi) is 4.69. The summed E-state index contributed by atoms with van der Waals surface area (Å²) in [5, 5.41) is 1.74. The third-order valence-electron chi connectivity index (χ3n) is 2.48. The van der Waals surface area contributed by atoms with Crippen LogP contribution in [-0.4, -0.2) is 0 Å². The lowest BCUT2D eigenvalue weighted by atomic mass is 10.0. The largest absolute Gasteiger partial charge is 0.122 e. The molecule has 0 aliphatic carbocycles. The number of halogens is 5. The second kappa shape index (κ2) is 5.90. The van der Waals surface area contributed by atoms with Crippen LogP contribution in [-0.2, 0) is 5.88 Å². The van der Waals surface area contributed by atoms with E-state index < -0.39 is 0 Å². The van der Waals surface area contributed by atoms with Gasteiger partial charge in [-0.1, -0.05) is 52.5 Å². The molecule has 0 unspecified atom stereocenters. The molecular formula is C13H7Cl5. The van der Waals surface area contributed by atoms with Gasteiger partial charge in [0.2, 0.25) is 0 Å². The smallest absolute Gasteiger partial charge is 0.0778 e. The summed E-state index contributed by atoms with van der Waals surface area (Å²) in [4.78, 5) is 0. The SMILES string of the molecule is ClCc1ccc(Cl)c(-c2cc(Cl)c(Cl)c(Cl)c2)c1. The molecule has 5 heteroatoms. The summed E-state index contributed by atoms with van der Waals surface area (Å²) in [7, 11) is 0. The summed E-state index contributed by atoms with van der Waals surface area (Å²) in [6, 6.07) is 9.04. The first kappa shape index (κ1) is 14.3. The predicted molar refractivity (Wildman–Crippen MR) is 81.5 cm³/mol. The van der Waals surface area contributed by atoms with Gasteiger partial charge in [0.1, 0.15) is 0 Å². The molecule has 0 aromatic heterocycles. The summed E-state index contributed by atoms with van der Waals surface area (Å²) in [5.41, 5.74) is 2.61. The first-order valence-corrected chi connectivity index (χ1v) is 7.07. The first-order valence-electron chi connectivity index (χ1n) is 5.02. The average Bonchev–Trinajstić information content (AvgIpc) is 2.36. The molecule has 0 nitrogen and oxygen atoms in total. The van der Waals surface area contributed by atoms with Crippen molar-refractivity contribution in [3.8, 4) is 11.1 Å². The van der Waals surface area contributed by atoms with Gasteiger partial charge in [0.25, 0.3) is 0 Å². The Balaban J connectivity index is 2.61. The van der Waals surface area contributed by atoms with Gasteiger partial charge in [-0.3, -0.25) is 0 Å². The molecule has 0 saturated carbocycles. The molecule has 94 valence electrons. The minimum Gasteiger partial charge on any atom is -0.122 e. The standard InChI is InChI=1S/C13H7Cl5/c14-6-7-1-2-10(15)9(3-7)8-4-11(16)13(18)12(17)5-8/h1-5H,6H2. The zero-order chi connectivity index (χ0) is 13.3. The van der Waals surface area contributed by atoms with Crippen molar-refractivity contribution >= 4 is 58.0 Å². The molecule has 0 aliphatic heterocycles. The summed E-state index contributed by atoms with van der Waals surface area (Å²) in [6.07, 6.45) is 0. The Hall–Kier alpha value is -0.110. The highest BCUT2D eigenvalue weighted by Gasteiger charge is 2.10. The van der Waals surface area contributed by atoms with E-state index in [2.05, 4.69) is 0 Å². The van der Waals surface area contributed by atoms with E-state index in [1.54, 1.807) is 18.2 Å². The molecule has 0 amide bonds. The van der Waals surface area contributed by atoms with Crippen LogP contribution in [0, 0.1) is 0 Å². The van der Waals surface area contributed by atoms with Crippen LogP contribution in [0.25, 0.3) is 11.1 Å². The average molecular weight is 340 g/mol. The van der Waals surface area contributed by atoms with Crippen LogP contribution in [0.2, 0.25) is 20.1 Å². The highest BCUT2D eigenvalue weighted by molar-refractivity contribution is 6.48. The molecule has 0 aliphatic rings. The second-order valence-electron chi connectivity index (χ2n) is 3.70. The predicted octanol–water partition coefficient (Wildman–Crippen LogP) is 6.71. The van der Waals surface area contributed by atoms with Gasteiger partial charge in [-0.15, -0.1) is 11.6 Å². The molecule has 0 radical (unpaired) electrons. The Morgan fingerprint density at radius 2 is 1.39 bits per heavy atom. The summed E-state index contributed by atoms with van der Waals surface area (Å²) in [5.74, 6) is 0.416. The van der Waals surface area contributed by atoms with E-state index in [9.17, 15) is 0 Å². The van der Waals surface area contributed by atoms with Crippen molar-refractivity contribution in [3.63, 3.8) is 0 Å². The van der Waals surface area contributed by atoms with Crippen molar-refractivity contribution in [1.29, 1.82) is 0 Å². The minimum atomic E-state index is 0.340. The lowest BCUT2D eigenvalue weighted by molar-refractivity contribution is 1.40. The second-order valence-corrected chi connectivity index (χ2v) is 5.57. The van der Waals surface area contributed by atoms with Crippen molar-refractivity contribution in [2.24, 2.45) is 0 Å². The molecule has 0 fully saturated rings. The van der Waals surface area contributed by atoms with Gasteiger partial charge in [-0.05, 0) is 35.4 Å². The maximum Gasteiger partial charge on any atom is 0.0778 e. The molecule has 0 atom stereocenters. The van der Waals surface area contributed by atoms with Gasteiger partial charge >= 0.3 is 0 Å². The van der Waals surface area contributed by atoms with E-state index in [0.717, 1.165) is 16.7 Å². The Labute approximate surface area is 130 Å².